The number of nitrogens with zero attached hydrogens (tertiary/aromatic N) is 2. The maximum atomic E-state index is 12.2. The van der Waals surface area contributed by atoms with Crippen molar-refractivity contribution in [1.29, 1.82) is 0 Å². The van der Waals surface area contributed by atoms with Gasteiger partial charge in [0.25, 0.3) is 5.91 Å². The van der Waals surface area contributed by atoms with Gasteiger partial charge in [0.15, 0.2) is 5.58 Å². The van der Waals surface area contributed by atoms with Gasteiger partial charge in [0, 0.05) is 16.9 Å². The van der Waals surface area contributed by atoms with Crippen molar-refractivity contribution >= 4 is 22.7 Å². The number of nitrogens with one attached hydrogen (secondary N) is 1. The second-order valence-corrected chi connectivity index (χ2v) is 5.68. The van der Waals surface area contributed by atoms with Crippen LogP contribution in [-0.4, -0.2) is 15.9 Å². The Morgan fingerprint density at radius 2 is 1.72 bits per heavy atom. The van der Waals surface area contributed by atoms with Gasteiger partial charge in [-0.3, -0.25) is 4.79 Å². The van der Waals surface area contributed by atoms with E-state index in [1.54, 1.807) is 6.07 Å². The highest BCUT2D eigenvalue weighted by molar-refractivity contribution is 6.02. The van der Waals surface area contributed by atoms with Crippen LogP contribution in [0.2, 0.25) is 0 Å². The van der Waals surface area contributed by atoms with Gasteiger partial charge in [0.2, 0.25) is 5.89 Å². The van der Waals surface area contributed by atoms with Crippen LogP contribution in [0, 0.1) is 6.92 Å². The second-order valence-electron chi connectivity index (χ2n) is 5.68. The smallest absolute Gasteiger partial charge is 0.274 e. The average Bonchev–Trinajstić information content (AvgIpc) is 3.06. The maximum absolute atomic E-state index is 12.2. The molecule has 0 radical (unpaired) electrons. The van der Waals surface area contributed by atoms with Crippen LogP contribution in [0.5, 0.6) is 0 Å². The Hall–Kier alpha value is -3.47. The molecule has 0 saturated carbocycles. The SMILES string of the molecule is Cc1cccc(C(=O)Nc2ccc(-c3nc4ccccc4o3)cc2)n1. The zero-order valence-electron chi connectivity index (χ0n) is 13.6. The molecule has 0 bridgehead atoms. The number of aromatic nitrogens is 2. The van der Waals surface area contributed by atoms with Crippen molar-refractivity contribution in [2.24, 2.45) is 0 Å². The Labute approximate surface area is 144 Å². The molecule has 4 rings (SSSR count). The summed E-state index contributed by atoms with van der Waals surface area (Å²) < 4.78 is 5.75. The number of amides is 1. The van der Waals surface area contributed by atoms with Gasteiger partial charge in [-0.1, -0.05) is 18.2 Å². The first-order valence-electron chi connectivity index (χ1n) is 7.90. The molecule has 0 fully saturated rings. The summed E-state index contributed by atoms with van der Waals surface area (Å²) in [4.78, 5) is 20.9. The number of benzene rings is 2. The van der Waals surface area contributed by atoms with Crippen LogP contribution in [0.15, 0.2) is 71.1 Å². The zero-order chi connectivity index (χ0) is 17.2. The number of pyridine rings is 1. The molecular weight excluding hydrogens is 314 g/mol. The molecule has 5 nitrogen and oxygen atoms in total. The predicted molar refractivity (Wildman–Crippen MR) is 96.4 cm³/mol. The Balaban J connectivity index is 1.54. The molecule has 122 valence electrons. The van der Waals surface area contributed by atoms with E-state index in [9.17, 15) is 4.79 Å². The van der Waals surface area contributed by atoms with Crippen LogP contribution >= 0.6 is 0 Å². The number of aryl methyl sites for hydroxylation is 1. The van der Waals surface area contributed by atoms with E-state index in [-0.39, 0.29) is 5.91 Å². The summed E-state index contributed by atoms with van der Waals surface area (Å²) in [5.74, 6) is 0.317. The molecule has 1 amide bonds. The van der Waals surface area contributed by atoms with Crippen LogP contribution in [-0.2, 0) is 0 Å². The molecule has 0 unspecified atom stereocenters. The third-order valence-corrected chi connectivity index (χ3v) is 3.80. The summed E-state index contributed by atoms with van der Waals surface area (Å²) in [6.07, 6.45) is 0. The largest absolute Gasteiger partial charge is 0.436 e. The quantitative estimate of drug-likeness (QED) is 0.603. The summed E-state index contributed by atoms with van der Waals surface area (Å²) in [7, 11) is 0. The van der Waals surface area contributed by atoms with Gasteiger partial charge >= 0.3 is 0 Å². The van der Waals surface area contributed by atoms with Gasteiger partial charge < -0.3 is 9.73 Å². The fourth-order valence-electron chi connectivity index (χ4n) is 2.56. The molecule has 0 spiro atoms. The van der Waals surface area contributed by atoms with Gasteiger partial charge in [-0.15, -0.1) is 0 Å². The molecule has 1 N–H and O–H groups in total. The Morgan fingerprint density at radius 1 is 0.920 bits per heavy atom. The van der Waals surface area contributed by atoms with Crippen molar-refractivity contribution in [3.63, 3.8) is 0 Å². The molecule has 0 aliphatic rings. The van der Waals surface area contributed by atoms with Gasteiger partial charge in [0.1, 0.15) is 11.2 Å². The molecule has 0 atom stereocenters. The van der Waals surface area contributed by atoms with Crippen molar-refractivity contribution in [3.8, 4) is 11.5 Å². The van der Waals surface area contributed by atoms with Crippen LogP contribution in [0.3, 0.4) is 0 Å². The second kappa shape index (κ2) is 6.20. The molecule has 5 heteroatoms. The number of fused-ring (bicyclic) bond motifs is 1. The maximum Gasteiger partial charge on any atom is 0.274 e. The number of carbonyl (C=O) groups excluding carboxylic acids is 1. The Morgan fingerprint density at radius 3 is 2.48 bits per heavy atom. The third kappa shape index (κ3) is 3.12. The van der Waals surface area contributed by atoms with E-state index in [2.05, 4.69) is 15.3 Å². The van der Waals surface area contributed by atoms with E-state index in [0.29, 0.717) is 17.3 Å². The normalized spacial score (nSPS) is 10.8. The fraction of sp³-hybridized carbons (Fsp3) is 0.0500. The fourth-order valence-corrected chi connectivity index (χ4v) is 2.56. The van der Waals surface area contributed by atoms with Crippen molar-refractivity contribution in [1.82, 2.24) is 9.97 Å². The molecule has 25 heavy (non-hydrogen) atoms. The first-order valence-corrected chi connectivity index (χ1v) is 7.90. The summed E-state index contributed by atoms with van der Waals surface area (Å²) in [6.45, 7) is 1.85. The summed E-state index contributed by atoms with van der Waals surface area (Å²) in [6, 6.07) is 20.3. The monoisotopic (exact) mass is 329 g/mol. The molecule has 0 aliphatic heterocycles. The van der Waals surface area contributed by atoms with E-state index >= 15 is 0 Å². The van der Waals surface area contributed by atoms with Gasteiger partial charge in [0.05, 0.1) is 0 Å². The molecule has 2 aromatic carbocycles. The van der Waals surface area contributed by atoms with Crippen molar-refractivity contribution in [2.75, 3.05) is 5.32 Å². The first kappa shape index (κ1) is 15.1. The minimum absolute atomic E-state index is 0.238. The van der Waals surface area contributed by atoms with E-state index in [1.165, 1.54) is 0 Å². The number of anilines is 1. The molecule has 2 heterocycles. The Bertz CT molecular complexity index is 1020. The van der Waals surface area contributed by atoms with E-state index in [0.717, 1.165) is 22.4 Å². The molecular formula is C20H15N3O2. The van der Waals surface area contributed by atoms with E-state index in [4.69, 9.17) is 4.42 Å². The minimum Gasteiger partial charge on any atom is -0.436 e. The van der Waals surface area contributed by atoms with Crippen molar-refractivity contribution < 1.29 is 9.21 Å². The first-order chi connectivity index (χ1) is 12.2. The van der Waals surface area contributed by atoms with Gasteiger partial charge in [-0.05, 0) is 55.5 Å². The summed E-state index contributed by atoms with van der Waals surface area (Å²) >= 11 is 0. The standard InChI is InChI=1S/C20H15N3O2/c1-13-5-4-7-17(21-13)19(24)22-15-11-9-14(10-12-15)20-23-16-6-2-3-8-18(16)25-20/h2-12H,1H3,(H,22,24). The lowest BCUT2D eigenvalue weighted by Gasteiger charge is -2.05. The number of hydrogen-bond donors (Lipinski definition) is 1. The molecule has 2 aromatic heterocycles. The summed E-state index contributed by atoms with van der Waals surface area (Å²) in [5.41, 5.74) is 4.30. The highest BCUT2D eigenvalue weighted by atomic mass is 16.3. The number of hydrogen-bond acceptors (Lipinski definition) is 4. The highest BCUT2D eigenvalue weighted by Crippen LogP contribution is 2.25. The third-order valence-electron chi connectivity index (χ3n) is 3.80. The van der Waals surface area contributed by atoms with E-state index in [1.807, 2.05) is 67.6 Å². The van der Waals surface area contributed by atoms with Crippen LogP contribution < -0.4 is 5.32 Å². The lowest BCUT2D eigenvalue weighted by atomic mass is 10.2. The van der Waals surface area contributed by atoms with Crippen LogP contribution in [0.1, 0.15) is 16.2 Å². The summed E-state index contributed by atoms with van der Waals surface area (Å²) in [5, 5.41) is 2.84. The highest BCUT2D eigenvalue weighted by Gasteiger charge is 2.10. The number of oxazole rings is 1. The predicted octanol–water partition coefficient (Wildman–Crippen LogP) is 4.45. The Kier molecular flexibility index (Phi) is 3.74. The molecule has 0 saturated heterocycles. The molecule has 0 aliphatic carbocycles. The zero-order valence-corrected chi connectivity index (χ0v) is 13.6. The number of rotatable bonds is 3. The van der Waals surface area contributed by atoms with Crippen LogP contribution in [0.4, 0.5) is 5.69 Å². The van der Waals surface area contributed by atoms with E-state index < -0.39 is 0 Å². The van der Waals surface area contributed by atoms with Crippen molar-refractivity contribution in [3.05, 3.63) is 78.1 Å². The number of carbonyl (C=O) groups is 1. The average molecular weight is 329 g/mol. The van der Waals surface area contributed by atoms with Gasteiger partial charge in [-0.2, -0.15) is 0 Å². The van der Waals surface area contributed by atoms with Crippen LogP contribution in [0.25, 0.3) is 22.6 Å². The van der Waals surface area contributed by atoms with Gasteiger partial charge in [-0.25, -0.2) is 9.97 Å². The lowest BCUT2D eigenvalue weighted by Crippen LogP contribution is -2.13. The molecule has 4 aromatic rings. The number of para-hydroxylation sites is 2. The van der Waals surface area contributed by atoms with Crippen molar-refractivity contribution in [2.45, 2.75) is 6.92 Å². The lowest BCUT2D eigenvalue weighted by molar-refractivity contribution is 0.102. The minimum atomic E-state index is -0.238. The topological polar surface area (TPSA) is 68.0 Å².